The molecule has 1 aliphatic rings. The van der Waals surface area contributed by atoms with E-state index in [-0.39, 0.29) is 5.69 Å². The third kappa shape index (κ3) is 3.63. The van der Waals surface area contributed by atoms with Crippen molar-refractivity contribution in [2.24, 2.45) is 0 Å². The summed E-state index contributed by atoms with van der Waals surface area (Å²) in [5.74, 6) is 1.63. The van der Waals surface area contributed by atoms with Crippen molar-refractivity contribution in [2.75, 3.05) is 0 Å². The zero-order chi connectivity index (χ0) is 17.9. The molecular weight excluding hydrogens is 344 g/mol. The lowest BCUT2D eigenvalue weighted by Crippen LogP contribution is -2.30. The van der Waals surface area contributed by atoms with Crippen molar-refractivity contribution in [1.82, 2.24) is 9.55 Å². The van der Waals surface area contributed by atoms with Gasteiger partial charge in [-0.05, 0) is 50.3 Å². The van der Waals surface area contributed by atoms with E-state index in [2.05, 4.69) is 36.2 Å². The number of aromatic nitrogens is 2. The highest BCUT2D eigenvalue weighted by Crippen LogP contribution is 2.30. The molecule has 4 nitrogen and oxygen atoms in total. The standard InChI is InChI=1S/C21H22N2O2S/c1-15-8-10-16(11-9-15)14-26-20-18-6-2-3-7-19(18)23(21(24)22-20)13-17-5-4-12-25-17/h4-5,8-12H,2-3,6-7,13-14H2,1H3. The summed E-state index contributed by atoms with van der Waals surface area (Å²) in [5, 5.41) is 0.904. The zero-order valence-electron chi connectivity index (χ0n) is 14.9. The fourth-order valence-electron chi connectivity index (χ4n) is 3.42. The largest absolute Gasteiger partial charge is 0.467 e. The van der Waals surface area contributed by atoms with E-state index in [1.165, 1.54) is 16.7 Å². The van der Waals surface area contributed by atoms with E-state index in [0.717, 1.165) is 47.9 Å². The van der Waals surface area contributed by atoms with Gasteiger partial charge in [-0.25, -0.2) is 4.79 Å². The van der Waals surface area contributed by atoms with Gasteiger partial charge in [0.1, 0.15) is 10.8 Å². The van der Waals surface area contributed by atoms with Crippen LogP contribution in [0.5, 0.6) is 0 Å². The van der Waals surface area contributed by atoms with Gasteiger partial charge in [-0.15, -0.1) is 11.8 Å². The Balaban J connectivity index is 1.64. The van der Waals surface area contributed by atoms with Crippen LogP contribution in [0, 0.1) is 6.92 Å². The molecule has 0 aliphatic heterocycles. The molecular formula is C21H22N2O2S. The number of aryl methyl sites for hydroxylation is 1. The van der Waals surface area contributed by atoms with Gasteiger partial charge in [0, 0.05) is 17.0 Å². The van der Waals surface area contributed by atoms with Crippen LogP contribution in [0.25, 0.3) is 0 Å². The van der Waals surface area contributed by atoms with Gasteiger partial charge in [0.2, 0.25) is 0 Å². The first-order valence-electron chi connectivity index (χ1n) is 9.04. The number of fused-ring (bicyclic) bond motifs is 1. The summed E-state index contributed by atoms with van der Waals surface area (Å²) in [4.78, 5) is 17.1. The molecule has 0 saturated heterocycles. The Kier molecular flexibility index (Phi) is 4.98. The van der Waals surface area contributed by atoms with E-state index >= 15 is 0 Å². The Bertz CT molecular complexity index is 943. The highest BCUT2D eigenvalue weighted by Gasteiger charge is 2.21. The van der Waals surface area contributed by atoms with Crippen molar-refractivity contribution in [2.45, 2.75) is 49.9 Å². The maximum Gasteiger partial charge on any atom is 0.349 e. The summed E-state index contributed by atoms with van der Waals surface area (Å²) in [5.41, 5.74) is 4.73. The lowest BCUT2D eigenvalue weighted by atomic mass is 9.97. The predicted octanol–water partition coefficient (Wildman–Crippen LogP) is 4.36. The molecule has 0 radical (unpaired) electrons. The molecule has 0 atom stereocenters. The topological polar surface area (TPSA) is 48.0 Å². The minimum Gasteiger partial charge on any atom is -0.467 e. The molecule has 3 aromatic rings. The smallest absolute Gasteiger partial charge is 0.349 e. The summed E-state index contributed by atoms with van der Waals surface area (Å²) in [6.45, 7) is 2.55. The molecule has 26 heavy (non-hydrogen) atoms. The van der Waals surface area contributed by atoms with Crippen LogP contribution in [0.2, 0.25) is 0 Å². The van der Waals surface area contributed by atoms with E-state index in [1.54, 1.807) is 22.6 Å². The van der Waals surface area contributed by atoms with Crippen molar-refractivity contribution in [3.05, 3.63) is 81.3 Å². The molecule has 5 heteroatoms. The average Bonchev–Trinajstić information content (AvgIpc) is 3.17. The Morgan fingerprint density at radius 2 is 1.96 bits per heavy atom. The fourth-order valence-corrected chi connectivity index (χ4v) is 4.46. The molecule has 0 N–H and O–H groups in total. The van der Waals surface area contributed by atoms with E-state index in [4.69, 9.17) is 4.42 Å². The van der Waals surface area contributed by atoms with E-state index in [1.807, 2.05) is 12.1 Å². The molecule has 1 aliphatic carbocycles. The van der Waals surface area contributed by atoms with Gasteiger partial charge in [0.15, 0.2) is 0 Å². The second-order valence-corrected chi connectivity index (χ2v) is 7.74. The molecule has 0 amide bonds. The maximum atomic E-state index is 12.7. The van der Waals surface area contributed by atoms with Crippen LogP contribution in [-0.2, 0) is 25.1 Å². The van der Waals surface area contributed by atoms with Gasteiger partial charge in [-0.3, -0.25) is 4.57 Å². The van der Waals surface area contributed by atoms with Crippen molar-refractivity contribution in [1.29, 1.82) is 0 Å². The summed E-state index contributed by atoms with van der Waals surface area (Å²) in [6.07, 6.45) is 5.86. The summed E-state index contributed by atoms with van der Waals surface area (Å²) < 4.78 is 7.23. The zero-order valence-corrected chi connectivity index (χ0v) is 15.7. The van der Waals surface area contributed by atoms with Crippen LogP contribution in [0.4, 0.5) is 0 Å². The lowest BCUT2D eigenvalue weighted by Gasteiger charge is -2.22. The van der Waals surface area contributed by atoms with Crippen molar-refractivity contribution < 1.29 is 4.42 Å². The highest BCUT2D eigenvalue weighted by molar-refractivity contribution is 7.98. The van der Waals surface area contributed by atoms with Crippen molar-refractivity contribution in [3.63, 3.8) is 0 Å². The van der Waals surface area contributed by atoms with Crippen LogP contribution in [-0.4, -0.2) is 9.55 Å². The molecule has 0 unspecified atom stereocenters. The van der Waals surface area contributed by atoms with E-state index in [0.29, 0.717) is 6.54 Å². The molecule has 1 aromatic carbocycles. The van der Waals surface area contributed by atoms with Crippen LogP contribution in [0.3, 0.4) is 0 Å². The number of hydrogen-bond donors (Lipinski definition) is 0. The molecule has 134 valence electrons. The number of thioether (sulfide) groups is 1. The SMILES string of the molecule is Cc1ccc(CSc2nc(=O)n(Cc3ccco3)c3c2CCCC3)cc1. The Labute approximate surface area is 157 Å². The fraction of sp³-hybridized carbons (Fsp3) is 0.333. The van der Waals surface area contributed by atoms with Gasteiger partial charge in [0.05, 0.1) is 12.8 Å². The van der Waals surface area contributed by atoms with Crippen molar-refractivity contribution in [3.8, 4) is 0 Å². The number of nitrogens with zero attached hydrogens (tertiary/aromatic N) is 2. The van der Waals surface area contributed by atoms with Crippen molar-refractivity contribution >= 4 is 11.8 Å². The molecule has 2 heterocycles. The molecule has 0 saturated carbocycles. The maximum absolute atomic E-state index is 12.7. The Hall–Kier alpha value is -2.27. The minimum atomic E-state index is -0.173. The third-order valence-electron chi connectivity index (χ3n) is 4.84. The first-order chi connectivity index (χ1) is 12.7. The first-order valence-corrected chi connectivity index (χ1v) is 10.0. The van der Waals surface area contributed by atoms with E-state index in [9.17, 15) is 4.79 Å². The summed E-state index contributed by atoms with van der Waals surface area (Å²) >= 11 is 1.68. The van der Waals surface area contributed by atoms with Crippen LogP contribution >= 0.6 is 11.8 Å². The van der Waals surface area contributed by atoms with Gasteiger partial charge < -0.3 is 4.42 Å². The lowest BCUT2D eigenvalue weighted by molar-refractivity contribution is 0.471. The number of furan rings is 1. The normalized spacial score (nSPS) is 13.6. The monoisotopic (exact) mass is 366 g/mol. The van der Waals surface area contributed by atoms with E-state index < -0.39 is 0 Å². The molecule has 0 fully saturated rings. The number of hydrogen-bond acceptors (Lipinski definition) is 4. The first kappa shape index (κ1) is 17.2. The minimum absolute atomic E-state index is 0.173. The third-order valence-corrected chi connectivity index (χ3v) is 5.93. The van der Waals surface area contributed by atoms with Crippen LogP contribution in [0.15, 0.2) is 56.9 Å². The highest BCUT2D eigenvalue weighted by atomic mass is 32.2. The molecule has 2 aromatic heterocycles. The molecule has 0 spiro atoms. The second-order valence-electron chi connectivity index (χ2n) is 6.77. The second kappa shape index (κ2) is 7.54. The number of rotatable bonds is 5. The average molecular weight is 366 g/mol. The molecule has 0 bridgehead atoms. The van der Waals surface area contributed by atoms with Crippen LogP contribution < -0.4 is 5.69 Å². The quantitative estimate of drug-likeness (QED) is 0.497. The van der Waals surface area contributed by atoms with Crippen LogP contribution in [0.1, 0.15) is 41.0 Å². The van der Waals surface area contributed by atoms with Gasteiger partial charge in [-0.1, -0.05) is 29.8 Å². The van der Waals surface area contributed by atoms with Gasteiger partial charge in [-0.2, -0.15) is 4.98 Å². The van der Waals surface area contributed by atoms with Gasteiger partial charge in [0.25, 0.3) is 0 Å². The summed E-state index contributed by atoms with van der Waals surface area (Å²) in [7, 11) is 0. The Morgan fingerprint density at radius 3 is 2.73 bits per heavy atom. The van der Waals surface area contributed by atoms with Gasteiger partial charge >= 0.3 is 5.69 Å². The Morgan fingerprint density at radius 1 is 1.15 bits per heavy atom. The molecule has 4 rings (SSSR count). The summed E-state index contributed by atoms with van der Waals surface area (Å²) in [6, 6.07) is 12.3. The number of benzene rings is 1. The predicted molar refractivity (Wildman–Crippen MR) is 104 cm³/mol.